The molecular formula is C50H96O6. The molecule has 0 saturated carbocycles. The highest BCUT2D eigenvalue weighted by Crippen LogP contribution is 2.17. The van der Waals surface area contributed by atoms with Crippen molar-refractivity contribution in [2.24, 2.45) is 11.8 Å². The predicted molar refractivity (Wildman–Crippen MR) is 238 cm³/mol. The van der Waals surface area contributed by atoms with Gasteiger partial charge >= 0.3 is 17.9 Å². The van der Waals surface area contributed by atoms with E-state index in [0.29, 0.717) is 19.3 Å². The Morgan fingerprint density at radius 2 is 0.589 bits per heavy atom. The SMILES string of the molecule is CCCCCCCCCCCCCCCC(=O)OC[C@H](COC(=O)CCCCCCCCC(C)C)OC(=O)CCCCCCCCCCCCCCCC(C)C. The molecule has 0 N–H and O–H groups in total. The number of rotatable bonds is 44. The van der Waals surface area contributed by atoms with Gasteiger partial charge in [-0.25, -0.2) is 0 Å². The van der Waals surface area contributed by atoms with E-state index >= 15 is 0 Å². The Morgan fingerprint density at radius 3 is 0.875 bits per heavy atom. The van der Waals surface area contributed by atoms with Crippen molar-refractivity contribution in [1.29, 1.82) is 0 Å². The van der Waals surface area contributed by atoms with Gasteiger partial charge in [0.25, 0.3) is 0 Å². The van der Waals surface area contributed by atoms with Gasteiger partial charge in [0.2, 0.25) is 0 Å². The summed E-state index contributed by atoms with van der Waals surface area (Å²) in [6, 6.07) is 0. The summed E-state index contributed by atoms with van der Waals surface area (Å²) in [7, 11) is 0. The highest BCUT2D eigenvalue weighted by molar-refractivity contribution is 5.71. The zero-order valence-electron chi connectivity index (χ0n) is 38.3. The number of ether oxygens (including phenoxy) is 3. The third kappa shape index (κ3) is 43.5. The molecule has 0 aliphatic carbocycles. The average molecular weight is 793 g/mol. The van der Waals surface area contributed by atoms with Gasteiger partial charge in [-0.1, -0.05) is 234 Å². The molecule has 0 aliphatic rings. The maximum absolute atomic E-state index is 12.8. The summed E-state index contributed by atoms with van der Waals surface area (Å²) < 4.78 is 16.8. The maximum atomic E-state index is 12.8. The molecule has 0 aliphatic heterocycles. The molecule has 56 heavy (non-hydrogen) atoms. The molecule has 6 heteroatoms. The third-order valence-electron chi connectivity index (χ3n) is 11.2. The Kier molecular flexibility index (Phi) is 41.8. The molecule has 1 atom stereocenters. The van der Waals surface area contributed by atoms with Crippen LogP contribution in [0.25, 0.3) is 0 Å². The van der Waals surface area contributed by atoms with E-state index in [1.54, 1.807) is 0 Å². The first-order valence-corrected chi connectivity index (χ1v) is 24.7. The van der Waals surface area contributed by atoms with Gasteiger partial charge < -0.3 is 14.2 Å². The Hall–Kier alpha value is -1.59. The van der Waals surface area contributed by atoms with Crippen molar-refractivity contribution in [2.45, 2.75) is 278 Å². The molecule has 0 amide bonds. The van der Waals surface area contributed by atoms with E-state index in [0.717, 1.165) is 69.6 Å². The van der Waals surface area contributed by atoms with Crippen LogP contribution in [-0.4, -0.2) is 37.2 Å². The molecule has 0 spiro atoms. The Bertz CT molecular complexity index is 854. The molecule has 0 radical (unpaired) electrons. The van der Waals surface area contributed by atoms with E-state index in [4.69, 9.17) is 14.2 Å². The lowest BCUT2D eigenvalue weighted by atomic mass is 10.0. The molecule has 6 nitrogen and oxygen atoms in total. The van der Waals surface area contributed by atoms with Crippen LogP contribution in [0.4, 0.5) is 0 Å². The smallest absolute Gasteiger partial charge is 0.306 e. The van der Waals surface area contributed by atoms with Crippen molar-refractivity contribution < 1.29 is 28.6 Å². The first kappa shape index (κ1) is 54.4. The third-order valence-corrected chi connectivity index (χ3v) is 11.2. The fourth-order valence-corrected chi connectivity index (χ4v) is 7.46. The highest BCUT2D eigenvalue weighted by Gasteiger charge is 2.19. The van der Waals surface area contributed by atoms with Crippen LogP contribution in [0.1, 0.15) is 272 Å². The minimum Gasteiger partial charge on any atom is -0.462 e. The lowest BCUT2D eigenvalue weighted by Crippen LogP contribution is -2.30. The van der Waals surface area contributed by atoms with Crippen molar-refractivity contribution in [1.82, 2.24) is 0 Å². The van der Waals surface area contributed by atoms with Crippen LogP contribution < -0.4 is 0 Å². The van der Waals surface area contributed by atoms with Crippen LogP contribution in [0.15, 0.2) is 0 Å². The van der Waals surface area contributed by atoms with Crippen molar-refractivity contribution in [2.75, 3.05) is 13.2 Å². The van der Waals surface area contributed by atoms with Gasteiger partial charge in [0, 0.05) is 19.3 Å². The lowest BCUT2D eigenvalue weighted by molar-refractivity contribution is -0.167. The molecule has 0 unspecified atom stereocenters. The summed E-state index contributed by atoms with van der Waals surface area (Å²) in [6.45, 7) is 11.3. The zero-order chi connectivity index (χ0) is 41.2. The monoisotopic (exact) mass is 793 g/mol. The maximum Gasteiger partial charge on any atom is 0.306 e. The summed E-state index contributed by atoms with van der Waals surface area (Å²) in [6.07, 6.45) is 42.4. The largest absolute Gasteiger partial charge is 0.462 e. The highest BCUT2D eigenvalue weighted by atomic mass is 16.6. The second-order valence-electron chi connectivity index (χ2n) is 18.1. The van der Waals surface area contributed by atoms with Crippen molar-refractivity contribution in [3.05, 3.63) is 0 Å². The van der Waals surface area contributed by atoms with Crippen LogP contribution in [0.5, 0.6) is 0 Å². The normalized spacial score (nSPS) is 12.1. The number of unbranched alkanes of at least 4 members (excludes halogenated alkanes) is 29. The van der Waals surface area contributed by atoms with Gasteiger partial charge in [-0.15, -0.1) is 0 Å². The lowest BCUT2D eigenvalue weighted by Gasteiger charge is -2.18. The first-order chi connectivity index (χ1) is 27.2. The van der Waals surface area contributed by atoms with Crippen molar-refractivity contribution in [3.63, 3.8) is 0 Å². The Balaban J connectivity index is 4.29. The minimum absolute atomic E-state index is 0.0647. The summed E-state index contributed by atoms with van der Waals surface area (Å²) in [5, 5.41) is 0. The number of carbonyl (C=O) groups is 3. The van der Waals surface area contributed by atoms with Gasteiger partial charge in [0.05, 0.1) is 0 Å². The molecule has 332 valence electrons. The Labute approximate surface area is 348 Å². The molecule has 0 aromatic rings. The van der Waals surface area contributed by atoms with Gasteiger partial charge in [0.15, 0.2) is 6.10 Å². The van der Waals surface area contributed by atoms with Gasteiger partial charge in [-0.3, -0.25) is 14.4 Å². The van der Waals surface area contributed by atoms with E-state index in [-0.39, 0.29) is 31.1 Å². The van der Waals surface area contributed by atoms with E-state index < -0.39 is 6.10 Å². The van der Waals surface area contributed by atoms with Crippen molar-refractivity contribution in [3.8, 4) is 0 Å². The van der Waals surface area contributed by atoms with Crippen LogP contribution in [0, 0.1) is 11.8 Å². The van der Waals surface area contributed by atoms with Gasteiger partial charge in [0.1, 0.15) is 13.2 Å². The minimum atomic E-state index is -0.761. The number of hydrogen-bond acceptors (Lipinski definition) is 6. The van der Waals surface area contributed by atoms with Crippen LogP contribution in [-0.2, 0) is 28.6 Å². The number of hydrogen-bond donors (Lipinski definition) is 0. The van der Waals surface area contributed by atoms with E-state index in [1.165, 1.54) is 161 Å². The molecular weight excluding hydrogens is 697 g/mol. The molecule has 0 aromatic heterocycles. The van der Waals surface area contributed by atoms with Gasteiger partial charge in [-0.2, -0.15) is 0 Å². The quantitative estimate of drug-likeness (QED) is 0.0347. The van der Waals surface area contributed by atoms with Crippen LogP contribution >= 0.6 is 0 Å². The predicted octanol–water partition coefficient (Wildman–Crippen LogP) is 15.8. The standard InChI is InChI=1S/C50H96O6/c1-6-7-8-9-10-11-12-14-18-21-24-30-35-40-48(51)54-43-47(44-55-49(52)41-36-31-27-26-29-34-39-46(4)5)56-50(53)42-37-32-25-22-19-16-13-15-17-20-23-28-33-38-45(2)3/h45-47H,6-44H2,1-5H3/t47-/m1/s1. The summed E-state index contributed by atoms with van der Waals surface area (Å²) >= 11 is 0. The molecule has 0 heterocycles. The first-order valence-electron chi connectivity index (χ1n) is 24.7. The second-order valence-corrected chi connectivity index (χ2v) is 18.1. The summed E-state index contributed by atoms with van der Waals surface area (Å²) in [5.41, 5.74) is 0. The molecule has 0 saturated heterocycles. The second kappa shape index (κ2) is 43.0. The number of esters is 3. The Morgan fingerprint density at radius 1 is 0.339 bits per heavy atom. The molecule has 0 aromatic carbocycles. The summed E-state index contributed by atoms with van der Waals surface area (Å²) in [4.78, 5) is 37.8. The average Bonchev–Trinajstić information content (AvgIpc) is 3.16. The molecule has 0 rings (SSSR count). The fourth-order valence-electron chi connectivity index (χ4n) is 7.46. The van der Waals surface area contributed by atoms with E-state index in [2.05, 4.69) is 34.6 Å². The molecule has 0 bridgehead atoms. The van der Waals surface area contributed by atoms with Crippen LogP contribution in [0.3, 0.4) is 0 Å². The van der Waals surface area contributed by atoms with Crippen molar-refractivity contribution >= 4 is 17.9 Å². The molecule has 0 fully saturated rings. The van der Waals surface area contributed by atoms with E-state index in [1.807, 2.05) is 0 Å². The summed E-state index contributed by atoms with van der Waals surface area (Å²) in [5.74, 6) is 0.746. The van der Waals surface area contributed by atoms with E-state index in [9.17, 15) is 14.4 Å². The van der Waals surface area contributed by atoms with Crippen LogP contribution in [0.2, 0.25) is 0 Å². The number of carbonyl (C=O) groups excluding carboxylic acids is 3. The zero-order valence-corrected chi connectivity index (χ0v) is 38.3. The fraction of sp³-hybridized carbons (Fsp3) is 0.940. The topological polar surface area (TPSA) is 78.9 Å². The van der Waals surface area contributed by atoms with Gasteiger partial charge in [-0.05, 0) is 31.1 Å².